The van der Waals surface area contributed by atoms with Crippen LogP contribution >= 0.6 is 0 Å². The van der Waals surface area contributed by atoms with Crippen LogP contribution in [-0.2, 0) is 6.54 Å². The first-order valence-electron chi connectivity index (χ1n) is 7.55. The maximum Gasteiger partial charge on any atom is 0.339 e. The summed E-state index contributed by atoms with van der Waals surface area (Å²) in [6.07, 6.45) is 0. The van der Waals surface area contributed by atoms with E-state index in [1.165, 1.54) is 24.3 Å². The molecule has 0 spiro atoms. The molecule has 0 saturated heterocycles. The van der Waals surface area contributed by atoms with Crippen molar-refractivity contribution in [1.29, 1.82) is 0 Å². The lowest BCUT2D eigenvalue weighted by atomic mass is 10.1. The molecule has 132 valence electrons. The molecule has 0 bridgehead atoms. The Balaban J connectivity index is 1.81. The summed E-state index contributed by atoms with van der Waals surface area (Å²) in [5.74, 6) is -1.65. The van der Waals surface area contributed by atoms with Gasteiger partial charge < -0.3 is 26.0 Å². The molecule has 0 aliphatic rings. The van der Waals surface area contributed by atoms with Crippen molar-refractivity contribution in [3.8, 4) is 11.5 Å². The SMILES string of the molecule is O=C(O)c1cc(Nc2c(NCc3cccc(O)c3)c(=O)c2=O)ccc1O. The summed E-state index contributed by atoms with van der Waals surface area (Å²) in [6.45, 7) is 0.212. The van der Waals surface area contributed by atoms with Gasteiger partial charge in [-0.25, -0.2) is 4.79 Å². The number of aromatic carboxylic acids is 1. The van der Waals surface area contributed by atoms with Gasteiger partial charge in [0.2, 0.25) is 0 Å². The standard InChI is InChI=1S/C18H14N2O6/c21-11-3-1-2-9(6-11)8-19-14-15(17(24)16(14)23)20-10-4-5-13(22)12(7-10)18(25)26/h1-7,19-22H,8H2,(H,25,26). The molecule has 0 saturated carbocycles. The number of aromatic hydroxyl groups is 2. The molecule has 8 nitrogen and oxygen atoms in total. The molecule has 0 aliphatic carbocycles. The van der Waals surface area contributed by atoms with Gasteiger partial charge in [0.05, 0.1) is 0 Å². The van der Waals surface area contributed by atoms with E-state index in [2.05, 4.69) is 10.6 Å². The molecule has 0 heterocycles. The second-order valence-electron chi connectivity index (χ2n) is 5.59. The van der Waals surface area contributed by atoms with Gasteiger partial charge in [0, 0.05) is 12.2 Å². The van der Waals surface area contributed by atoms with E-state index >= 15 is 0 Å². The topological polar surface area (TPSA) is 136 Å². The lowest BCUT2D eigenvalue weighted by Crippen LogP contribution is -2.36. The molecular weight excluding hydrogens is 340 g/mol. The first-order chi connectivity index (χ1) is 12.4. The molecule has 0 atom stereocenters. The fourth-order valence-corrected chi connectivity index (χ4v) is 2.47. The van der Waals surface area contributed by atoms with Crippen LogP contribution in [0.3, 0.4) is 0 Å². The normalized spacial score (nSPS) is 10.6. The van der Waals surface area contributed by atoms with Gasteiger partial charge in [-0.05, 0) is 35.9 Å². The maximum atomic E-state index is 11.8. The number of carbonyl (C=O) groups is 1. The molecule has 5 N–H and O–H groups in total. The lowest BCUT2D eigenvalue weighted by Gasteiger charge is -2.15. The Bertz CT molecular complexity index is 1070. The summed E-state index contributed by atoms with van der Waals surface area (Å²) in [6, 6.07) is 10.1. The first kappa shape index (κ1) is 17.0. The number of hydrogen-bond acceptors (Lipinski definition) is 7. The Morgan fingerprint density at radius 1 is 0.962 bits per heavy atom. The van der Waals surface area contributed by atoms with E-state index in [4.69, 9.17) is 5.11 Å². The third kappa shape index (κ3) is 3.20. The van der Waals surface area contributed by atoms with Crippen molar-refractivity contribution >= 4 is 23.0 Å². The van der Waals surface area contributed by atoms with E-state index in [9.17, 15) is 24.6 Å². The van der Waals surface area contributed by atoms with Crippen LogP contribution in [0.15, 0.2) is 52.1 Å². The van der Waals surface area contributed by atoms with Crippen LogP contribution in [0.4, 0.5) is 17.1 Å². The van der Waals surface area contributed by atoms with E-state index in [0.717, 1.165) is 6.07 Å². The predicted molar refractivity (Wildman–Crippen MR) is 95.1 cm³/mol. The van der Waals surface area contributed by atoms with Crippen LogP contribution in [0.25, 0.3) is 0 Å². The number of nitrogens with one attached hydrogen (secondary N) is 2. The third-order valence-corrected chi connectivity index (χ3v) is 3.79. The van der Waals surface area contributed by atoms with Crippen LogP contribution in [0.2, 0.25) is 0 Å². The van der Waals surface area contributed by atoms with Gasteiger partial charge >= 0.3 is 5.97 Å². The lowest BCUT2D eigenvalue weighted by molar-refractivity contribution is 0.0694. The molecule has 3 aromatic rings. The van der Waals surface area contributed by atoms with Gasteiger partial charge in [-0.3, -0.25) is 9.59 Å². The molecular formula is C18H14N2O6. The molecule has 0 radical (unpaired) electrons. The van der Waals surface area contributed by atoms with Gasteiger partial charge in [-0.15, -0.1) is 0 Å². The highest BCUT2D eigenvalue weighted by atomic mass is 16.4. The van der Waals surface area contributed by atoms with Crippen molar-refractivity contribution in [2.75, 3.05) is 10.6 Å². The van der Waals surface area contributed by atoms with E-state index in [1.807, 2.05) is 0 Å². The number of hydrogen-bond donors (Lipinski definition) is 5. The van der Waals surface area contributed by atoms with Crippen molar-refractivity contribution in [3.05, 3.63) is 74.0 Å². The minimum absolute atomic E-state index is 0.0113. The molecule has 3 aromatic carbocycles. The van der Waals surface area contributed by atoms with Crippen LogP contribution in [0, 0.1) is 0 Å². The number of anilines is 3. The zero-order valence-corrected chi connectivity index (χ0v) is 13.3. The Hall–Kier alpha value is -3.81. The summed E-state index contributed by atoms with van der Waals surface area (Å²) in [7, 11) is 0. The molecule has 3 rings (SSSR count). The Morgan fingerprint density at radius 3 is 2.38 bits per heavy atom. The summed E-state index contributed by atoms with van der Waals surface area (Å²) < 4.78 is 0. The number of benzene rings is 2. The fraction of sp³-hybridized carbons (Fsp3) is 0.0556. The van der Waals surface area contributed by atoms with Gasteiger partial charge in [-0.2, -0.15) is 0 Å². The van der Waals surface area contributed by atoms with Crippen LogP contribution < -0.4 is 21.5 Å². The van der Waals surface area contributed by atoms with Crippen LogP contribution in [0.1, 0.15) is 15.9 Å². The third-order valence-electron chi connectivity index (χ3n) is 3.79. The molecule has 0 aliphatic heterocycles. The van der Waals surface area contributed by atoms with Crippen molar-refractivity contribution < 1.29 is 20.1 Å². The van der Waals surface area contributed by atoms with E-state index in [1.54, 1.807) is 12.1 Å². The van der Waals surface area contributed by atoms with Crippen molar-refractivity contribution in [2.45, 2.75) is 6.54 Å². The number of phenols is 2. The second kappa shape index (κ2) is 6.60. The second-order valence-corrected chi connectivity index (χ2v) is 5.59. The highest BCUT2D eigenvalue weighted by Gasteiger charge is 2.21. The van der Waals surface area contributed by atoms with E-state index in [-0.39, 0.29) is 34.9 Å². The van der Waals surface area contributed by atoms with Crippen LogP contribution in [-0.4, -0.2) is 21.3 Å². The average molecular weight is 354 g/mol. The number of carboxylic acid groups (broad SMARTS) is 1. The number of carboxylic acids is 1. The maximum absolute atomic E-state index is 11.8. The minimum Gasteiger partial charge on any atom is -0.508 e. The molecule has 0 amide bonds. The van der Waals surface area contributed by atoms with Crippen molar-refractivity contribution in [3.63, 3.8) is 0 Å². The monoisotopic (exact) mass is 354 g/mol. The molecule has 0 fully saturated rings. The predicted octanol–water partition coefficient (Wildman–Crippen LogP) is 1.75. The van der Waals surface area contributed by atoms with E-state index < -0.39 is 22.6 Å². The Kier molecular flexibility index (Phi) is 4.32. The van der Waals surface area contributed by atoms with Gasteiger partial charge in [0.15, 0.2) is 0 Å². The largest absolute Gasteiger partial charge is 0.508 e. The zero-order valence-electron chi connectivity index (χ0n) is 13.3. The Labute approximate surface area is 146 Å². The number of phenolic OH excluding ortho intramolecular Hbond substituents is 1. The van der Waals surface area contributed by atoms with Crippen LogP contribution in [0.5, 0.6) is 11.5 Å². The highest BCUT2D eigenvalue weighted by Crippen LogP contribution is 2.26. The summed E-state index contributed by atoms with van der Waals surface area (Å²) in [5, 5.41) is 33.5. The smallest absolute Gasteiger partial charge is 0.339 e. The van der Waals surface area contributed by atoms with Gasteiger partial charge in [0.1, 0.15) is 28.4 Å². The minimum atomic E-state index is -1.32. The van der Waals surface area contributed by atoms with E-state index in [0.29, 0.717) is 5.56 Å². The first-order valence-corrected chi connectivity index (χ1v) is 7.55. The average Bonchev–Trinajstić information content (AvgIpc) is 2.61. The summed E-state index contributed by atoms with van der Waals surface area (Å²) >= 11 is 0. The highest BCUT2D eigenvalue weighted by molar-refractivity contribution is 5.92. The molecule has 8 heteroatoms. The quantitative estimate of drug-likeness (QED) is 0.334. The zero-order chi connectivity index (χ0) is 18.8. The Morgan fingerprint density at radius 2 is 1.69 bits per heavy atom. The number of rotatable bonds is 6. The summed E-state index contributed by atoms with van der Waals surface area (Å²) in [4.78, 5) is 34.7. The van der Waals surface area contributed by atoms with Gasteiger partial charge in [0.25, 0.3) is 10.9 Å². The van der Waals surface area contributed by atoms with Crippen molar-refractivity contribution in [2.24, 2.45) is 0 Å². The fourth-order valence-electron chi connectivity index (χ4n) is 2.47. The molecule has 0 aromatic heterocycles. The molecule has 26 heavy (non-hydrogen) atoms. The summed E-state index contributed by atoms with van der Waals surface area (Å²) in [5.41, 5.74) is -0.712. The molecule has 0 unspecified atom stereocenters. The van der Waals surface area contributed by atoms with Crippen molar-refractivity contribution in [1.82, 2.24) is 0 Å². The van der Waals surface area contributed by atoms with Gasteiger partial charge in [-0.1, -0.05) is 12.1 Å².